The third-order valence-electron chi connectivity index (χ3n) is 3.10. The van der Waals surface area contributed by atoms with Crippen molar-refractivity contribution in [2.24, 2.45) is 0 Å². The number of aryl methyl sites for hydroxylation is 1. The molecule has 0 bridgehead atoms. The van der Waals surface area contributed by atoms with Crippen LogP contribution in [-0.2, 0) is 11.8 Å². The molecule has 0 heterocycles. The number of benzene rings is 1. The second kappa shape index (κ2) is 3.15. The lowest BCUT2D eigenvalue weighted by molar-refractivity contribution is 0.255. The van der Waals surface area contributed by atoms with Crippen LogP contribution in [0.25, 0.3) is 0 Å². The van der Waals surface area contributed by atoms with E-state index in [1.807, 2.05) is 0 Å². The monoisotopic (exact) mass is 176 g/mol. The summed E-state index contributed by atoms with van der Waals surface area (Å²) in [6.07, 6.45) is 3.38. The summed E-state index contributed by atoms with van der Waals surface area (Å²) in [6.45, 7) is 2.47. The van der Waals surface area contributed by atoms with Gasteiger partial charge in [0.1, 0.15) is 0 Å². The maximum absolute atomic E-state index is 9.27. The van der Waals surface area contributed by atoms with Crippen molar-refractivity contribution >= 4 is 0 Å². The van der Waals surface area contributed by atoms with E-state index in [2.05, 4.69) is 31.2 Å². The minimum Gasteiger partial charge on any atom is -0.395 e. The van der Waals surface area contributed by atoms with Crippen LogP contribution in [-0.4, -0.2) is 11.7 Å². The molecule has 0 radical (unpaired) electrons. The molecule has 70 valence electrons. The minimum atomic E-state index is 0.130. The molecule has 0 saturated heterocycles. The molecular formula is C12H16O. The van der Waals surface area contributed by atoms with E-state index in [1.165, 1.54) is 11.1 Å². The molecule has 1 N–H and O–H groups in total. The lowest BCUT2D eigenvalue weighted by atomic mass is 9.95. The van der Waals surface area contributed by atoms with E-state index < -0.39 is 0 Å². The first-order valence-corrected chi connectivity index (χ1v) is 5.01. The third-order valence-corrected chi connectivity index (χ3v) is 3.10. The van der Waals surface area contributed by atoms with Crippen LogP contribution >= 0.6 is 0 Å². The smallest absolute Gasteiger partial charge is 0.0527 e. The molecule has 1 aromatic carbocycles. The minimum absolute atomic E-state index is 0.130. The van der Waals surface area contributed by atoms with E-state index in [4.69, 9.17) is 0 Å². The molecule has 0 unspecified atom stereocenters. The van der Waals surface area contributed by atoms with E-state index in [0.717, 1.165) is 19.3 Å². The summed E-state index contributed by atoms with van der Waals surface area (Å²) in [5.41, 5.74) is 2.83. The molecule has 1 saturated carbocycles. The van der Waals surface area contributed by atoms with Gasteiger partial charge in [-0.1, -0.05) is 31.2 Å². The number of rotatable bonds is 3. The van der Waals surface area contributed by atoms with Gasteiger partial charge in [0, 0.05) is 5.41 Å². The molecule has 13 heavy (non-hydrogen) atoms. The zero-order valence-corrected chi connectivity index (χ0v) is 8.09. The molecule has 0 aliphatic heterocycles. The van der Waals surface area contributed by atoms with Crippen LogP contribution in [0.1, 0.15) is 30.9 Å². The fourth-order valence-electron chi connectivity index (χ4n) is 1.81. The molecule has 0 atom stereocenters. The Hall–Kier alpha value is -0.820. The first kappa shape index (κ1) is 8.76. The SMILES string of the molecule is CCc1cccc(C2(CO)CC2)c1. The lowest BCUT2D eigenvalue weighted by Gasteiger charge is -2.12. The van der Waals surface area contributed by atoms with Gasteiger partial charge in [0.15, 0.2) is 0 Å². The van der Waals surface area contributed by atoms with Gasteiger partial charge in [-0.25, -0.2) is 0 Å². The van der Waals surface area contributed by atoms with Crippen LogP contribution in [0.4, 0.5) is 0 Å². The zero-order chi connectivity index (χ0) is 9.31. The molecule has 1 aliphatic carbocycles. The Morgan fingerprint density at radius 1 is 1.38 bits per heavy atom. The van der Waals surface area contributed by atoms with Crippen LogP contribution in [0.5, 0.6) is 0 Å². The summed E-state index contributed by atoms with van der Waals surface area (Å²) in [5.74, 6) is 0. The Bertz CT molecular complexity index is 300. The summed E-state index contributed by atoms with van der Waals surface area (Å²) < 4.78 is 0. The predicted octanol–water partition coefficient (Wildman–Crippen LogP) is 2.27. The maximum atomic E-state index is 9.27. The van der Waals surface area contributed by atoms with Gasteiger partial charge in [0.25, 0.3) is 0 Å². The van der Waals surface area contributed by atoms with Crippen molar-refractivity contribution in [3.8, 4) is 0 Å². The molecule has 1 fully saturated rings. The normalized spacial score (nSPS) is 18.6. The number of aliphatic hydroxyl groups excluding tert-OH is 1. The summed E-state index contributed by atoms with van der Waals surface area (Å²) in [5, 5.41) is 9.27. The van der Waals surface area contributed by atoms with Crippen molar-refractivity contribution in [2.45, 2.75) is 31.6 Å². The topological polar surface area (TPSA) is 20.2 Å². The largest absolute Gasteiger partial charge is 0.395 e. The van der Waals surface area contributed by atoms with E-state index in [0.29, 0.717) is 6.61 Å². The second-order valence-corrected chi connectivity index (χ2v) is 3.99. The number of hydrogen-bond acceptors (Lipinski definition) is 1. The quantitative estimate of drug-likeness (QED) is 0.749. The van der Waals surface area contributed by atoms with Crippen molar-refractivity contribution in [3.63, 3.8) is 0 Å². The van der Waals surface area contributed by atoms with Gasteiger partial charge >= 0.3 is 0 Å². The maximum Gasteiger partial charge on any atom is 0.0527 e. The van der Waals surface area contributed by atoms with Crippen molar-refractivity contribution in [3.05, 3.63) is 35.4 Å². The van der Waals surface area contributed by atoms with Crippen molar-refractivity contribution in [1.82, 2.24) is 0 Å². The highest BCUT2D eigenvalue weighted by atomic mass is 16.3. The Morgan fingerprint density at radius 3 is 2.69 bits per heavy atom. The summed E-state index contributed by atoms with van der Waals surface area (Å²) in [7, 11) is 0. The molecule has 2 rings (SSSR count). The molecule has 1 heteroatoms. The summed E-state index contributed by atoms with van der Waals surface area (Å²) in [6, 6.07) is 8.63. The molecule has 0 amide bonds. The molecule has 0 aromatic heterocycles. The summed E-state index contributed by atoms with van der Waals surface area (Å²) >= 11 is 0. The van der Waals surface area contributed by atoms with Crippen LogP contribution in [0, 0.1) is 0 Å². The fourth-order valence-corrected chi connectivity index (χ4v) is 1.81. The first-order valence-electron chi connectivity index (χ1n) is 5.01. The number of hydrogen-bond donors (Lipinski definition) is 1. The van der Waals surface area contributed by atoms with Gasteiger partial charge in [-0.15, -0.1) is 0 Å². The lowest BCUT2D eigenvalue weighted by Crippen LogP contribution is -2.11. The fraction of sp³-hybridized carbons (Fsp3) is 0.500. The average Bonchev–Trinajstić information content (AvgIpc) is 2.99. The molecule has 1 nitrogen and oxygen atoms in total. The standard InChI is InChI=1S/C12H16O/c1-2-10-4-3-5-11(8-10)12(9-13)6-7-12/h3-5,8,13H,2,6-7,9H2,1H3. The van der Waals surface area contributed by atoms with Crippen LogP contribution in [0.3, 0.4) is 0 Å². The highest BCUT2D eigenvalue weighted by Gasteiger charge is 2.43. The zero-order valence-electron chi connectivity index (χ0n) is 8.09. The van der Waals surface area contributed by atoms with Crippen molar-refractivity contribution in [2.75, 3.05) is 6.61 Å². The Kier molecular flexibility index (Phi) is 2.12. The molecule has 0 spiro atoms. The van der Waals surface area contributed by atoms with Gasteiger partial charge in [-0.3, -0.25) is 0 Å². The van der Waals surface area contributed by atoms with Gasteiger partial charge in [-0.05, 0) is 30.4 Å². The van der Waals surface area contributed by atoms with Gasteiger partial charge in [0.05, 0.1) is 6.61 Å². The Morgan fingerprint density at radius 2 is 2.15 bits per heavy atom. The van der Waals surface area contributed by atoms with E-state index >= 15 is 0 Å². The van der Waals surface area contributed by atoms with Crippen LogP contribution < -0.4 is 0 Å². The summed E-state index contributed by atoms with van der Waals surface area (Å²) in [4.78, 5) is 0. The van der Waals surface area contributed by atoms with Crippen LogP contribution in [0.2, 0.25) is 0 Å². The predicted molar refractivity (Wildman–Crippen MR) is 53.8 cm³/mol. The Balaban J connectivity index is 2.30. The Labute approximate surface area is 79.4 Å². The highest BCUT2D eigenvalue weighted by molar-refractivity contribution is 5.34. The highest BCUT2D eigenvalue weighted by Crippen LogP contribution is 2.47. The van der Waals surface area contributed by atoms with Gasteiger partial charge < -0.3 is 5.11 Å². The van der Waals surface area contributed by atoms with E-state index in [9.17, 15) is 5.11 Å². The second-order valence-electron chi connectivity index (χ2n) is 3.99. The average molecular weight is 176 g/mol. The van der Waals surface area contributed by atoms with E-state index in [1.54, 1.807) is 0 Å². The molecule has 1 aliphatic rings. The third kappa shape index (κ3) is 1.49. The van der Waals surface area contributed by atoms with Gasteiger partial charge in [-0.2, -0.15) is 0 Å². The number of aliphatic hydroxyl groups is 1. The van der Waals surface area contributed by atoms with Crippen molar-refractivity contribution in [1.29, 1.82) is 0 Å². The van der Waals surface area contributed by atoms with E-state index in [-0.39, 0.29) is 5.41 Å². The van der Waals surface area contributed by atoms with Crippen LogP contribution in [0.15, 0.2) is 24.3 Å². The van der Waals surface area contributed by atoms with Crippen molar-refractivity contribution < 1.29 is 5.11 Å². The molecule has 1 aromatic rings. The molecular weight excluding hydrogens is 160 g/mol. The van der Waals surface area contributed by atoms with Gasteiger partial charge in [0.2, 0.25) is 0 Å². The first-order chi connectivity index (χ1) is 6.30.